The van der Waals surface area contributed by atoms with E-state index in [1.54, 1.807) is 0 Å². The smallest absolute Gasteiger partial charge is 0.426 e. The van der Waals surface area contributed by atoms with E-state index in [9.17, 15) is 19.6 Å². The van der Waals surface area contributed by atoms with Crippen molar-refractivity contribution in [2.45, 2.75) is 51.0 Å². The average molecular weight is 403 g/mol. The molecule has 0 saturated heterocycles. The van der Waals surface area contributed by atoms with Gasteiger partial charge in [0, 0.05) is 13.1 Å². The second kappa shape index (κ2) is 10.8. The molecule has 0 unspecified atom stereocenters. The molecule has 9 nitrogen and oxygen atoms in total. The summed E-state index contributed by atoms with van der Waals surface area (Å²) in [5.74, 6) is -1.75. The number of nitrogens with zero attached hydrogens (tertiary/aromatic N) is 1. The molecule has 1 saturated carbocycles. The van der Waals surface area contributed by atoms with E-state index < -0.39 is 24.4 Å². The molecule has 10 heteroatoms. The molecule has 1 aliphatic carbocycles. The minimum atomic E-state index is -1.75. The fourth-order valence-electron chi connectivity index (χ4n) is 3.60. The molecule has 0 aliphatic heterocycles. The predicted molar refractivity (Wildman–Crippen MR) is 111 cm³/mol. The molecule has 2 rings (SSSR count). The first-order chi connectivity index (χ1) is 13.8. The summed E-state index contributed by atoms with van der Waals surface area (Å²) in [7, 11) is -1.75. The van der Waals surface area contributed by atoms with Crippen LogP contribution in [-0.2, 0) is 16.1 Å². The van der Waals surface area contributed by atoms with E-state index in [4.69, 9.17) is 11.5 Å². The van der Waals surface area contributed by atoms with Gasteiger partial charge in [-0.15, -0.1) is 0 Å². The third kappa shape index (κ3) is 6.47. The van der Waals surface area contributed by atoms with Crippen LogP contribution < -0.4 is 22.1 Å². The van der Waals surface area contributed by atoms with Gasteiger partial charge in [0.15, 0.2) is 5.96 Å². The topological polar surface area (TPSA) is 163 Å². The first-order valence-electron chi connectivity index (χ1n) is 9.90. The van der Waals surface area contributed by atoms with Crippen LogP contribution in [0.3, 0.4) is 0 Å². The second-order valence-electron chi connectivity index (χ2n) is 7.40. The predicted octanol–water partition coefficient (Wildman–Crippen LogP) is -0.586. The van der Waals surface area contributed by atoms with E-state index >= 15 is 0 Å². The third-order valence-corrected chi connectivity index (χ3v) is 5.27. The Balaban J connectivity index is 2.00. The Bertz CT molecular complexity index is 704. The molecule has 1 aromatic rings. The lowest BCUT2D eigenvalue weighted by Crippen LogP contribution is -2.55. The van der Waals surface area contributed by atoms with Crippen LogP contribution >= 0.6 is 0 Å². The standard InChI is InChI=1S/C19H30BN5O4/c21-18(22)23-12-6-9-15(20(28)29)25-17(27)19(10-4-5-11-19)16(26)24-13-14-7-2-1-3-8-14/h1-3,7-8,15,28-29H,4-6,9-13H2,(H,24,26)(H,25,27)(H4,21,22,23)/t15-/m0/s1. The summed E-state index contributed by atoms with van der Waals surface area (Å²) in [4.78, 5) is 29.8. The van der Waals surface area contributed by atoms with Crippen LogP contribution in [0, 0.1) is 5.41 Å². The highest BCUT2D eigenvalue weighted by Gasteiger charge is 2.48. The first kappa shape index (κ1) is 22.7. The number of hydrogen-bond donors (Lipinski definition) is 6. The Morgan fingerprint density at radius 1 is 1.14 bits per heavy atom. The van der Waals surface area contributed by atoms with Gasteiger partial charge in [0.25, 0.3) is 0 Å². The molecule has 0 heterocycles. The Morgan fingerprint density at radius 2 is 1.79 bits per heavy atom. The average Bonchev–Trinajstić information content (AvgIpc) is 3.20. The zero-order valence-corrected chi connectivity index (χ0v) is 16.5. The number of carbonyl (C=O) groups is 2. The Morgan fingerprint density at radius 3 is 2.38 bits per heavy atom. The van der Waals surface area contributed by atoms with Gasteiger partial charge in [0.2, 0.25) is 11.8 Å². The normalized spacial score (nSPS) is 15.9. The highest BCUT2D eigenvalue weighted by Crippen LogP contribution is 2.39. The fraction of sp³-hybridized carbons (Fsp3) is 0.526. The number of nitrogens with one attached hydrogen (secondary N) is 2. The molecule has 0 bridgehead atoms. The van der Waals surface area contributed by atoms with Gasteiger partial charge in [-0.05, 0) is 31.2 Å². The monoisotopic (exact) mass is 403 g/mol. The number of benzene rings is 1. The quantitative estimate of drug-likeness (QED) is 0.101. The SMILES string of the molecule is NC(N)=NCCC[C@H](NC(=O)C1(C(=O)NCc2ccccc2)CCCC1)B(O)O. The van der Waals surface area contributed by atoms with Crippen LogP contribution in [0.15, 0.2) is 35.3 Å². The maximum atomic E-state index is 13.0. The van der Waals surface area contributed by atoms with Gasteiger partial charge in [0.1, 0.15) is 5.41 Å². The van der Waals surface area contributed by atoms with Crippen molar-refractivity contribution < 1.29 is 19.6 Å². The van der Waals surface area contributed by atoms with Crippen LogP contribution in [0.1, 0.15) is 44.1 Å². The van der Waals surface area contributed by atoms with E-state index in [-0.39, 0.29) is 18.3 Å². The highest BCUT2D eigenvalue weighted by molar-refractivity contribution is 6.43. The van der Waals surface area contributed by atoms with Crippen molar-refractivity contribution >= 4 is 24.9 Å². The van der Waals surface area contributed by atoms with Crippen LogP contribution in [0.4, 0.5) is 0 Å². The Labute approximate surface area is 171 Å². The molecule has 29 heavy (non-hydrogen) atoms. The minimum absolute atomic E-state index is 0.0462. The molecule has 1 atom stereocenters. The van der Waals surface area contributed by atoms with Crippen LogP contribution in [0.25, 0.3) is 0 Å². The van der Waals surface area contributed by atoms with Gasteiger partial charge in [-0.3, -0.25) is 14.6 Å². The van der Waals surface area contributed by atoms with Gasteiger partial charge in [-0.1, -0.05) is 43.2 Å². The molecule has 0 spiro atoms. The minimum Gasteiger partial charge on any atom is -0.426 e. The fourth-order valence-corrected chi connectivity index (χ4v) is 3.60. The molecule has 2 amide bonds. The maximum Gasteiger partial charge on any atom is 0.475 e. The number of rotatable bonds is 10. The van der Waals surface area contributed by atoms with Crippen LogP contribution in [0.2, 0.25) is 0 Å². The van der Waals surface area contributed by atoms with Crippen LogP contribution in [0.5, 0.6) is 0 Å². The van der Waals surface area contributed by atoms with E-state index in [1.807, 2.05) is 30.3 Å². The Kier molecular flexibility index (Phi) is 8.47. The zero-order chi connectivity index (χ0) is 21.3. The van der Waals surface area contributed by atoms with E-state index in [0.29, 0.717) is 32.4 Å². The summed E-state index contributed by atoms with van der Waals surface area (Å²) in [6.45, 7) is 0.642. The zero-order valence-electron chi connectivity index (χ0n) is 16.5. The van der Waals surface area contributed by atoms with Crippen molar-refractivity contribution in [3.05, 3.63) is 35.9 Å². The Hall–Kier alpha value is -2.59. The summed E-state index contributed by atoms with van der Waals surface area (Å²) in [6, 6.07) is 9.46. The van der Waals surface area contributed by atoms with Crippen molar-refractivity contribution in [2.75, 3.05) is 6.54 Å². The molecule has 158 valence electrons. The summed E-state index contributed by atoms with van der Waals surface area (Å²) < 4.78 is 0. The molecule has 8 N–H and O–H groups in total. The number of aliphatic imine (C=N–C) groups is 1. The maximum absolute atomic E-state index is 13.0. The van der Waals surface area contributed by atoms with Gasteiger partial charge in [-0.2, -0.15) is 0 Å². The molecule has 0 aromatic heterocycles. The summed E-state index contributed by atoms with van der Waals surface area (Å²) in [6.07, 6.45) is 3.12. The third-order valence-electron chi connectivity index (χ3n) is 5.27. The number of amides is 2. The van der Waals surface area contributed by atoms with Crippen molar-refractivity contribution in [1.29, 1.82) is 0 Å². The molecular formula is C19H30BN5O4. The number of guanidine groups is 1. The van der Waals surface area contributed by atoms with E-state index in [0.717, 1.165) is 18.4 Å². The highest BCUT2D eigenvalue weighted by atomic mass is 16.4. The van der Waals surface area contributed by atoms with Crippen molar-refractivity contribution in [1.82, 2.24) is 10.6 Å². The summed E-state index contributed by atoms with van der Waals surface area (Å²) in [5.41, 5.74) is 10.3. The molecular weight excluding hydrogens is 373 g/mol. The van der Waals surface area contributed by atoms with Crippen molar-refractivity contribution in [2.24, 2.45) is 21.9 Å². The lowest BCUT2D eigenvalue weighted by molar-refractivity contribution is -0.143. The molecule has 1 aromatic carbocycles. The van der Waals surface area contributed by atoms with Gasteiger partial charge in [0.05, 0.1) is 5.94 Å². The largest absolute Gasteiger partial charge is 0.475 e. The molecule has 1 aliphatic rings. The van der Waals surface area contributed by atoms with Crippen LogP contribution in [-0.4, -0.2) is 47.4 Å². The lowest BCUT2D eigenvalue weighted by Gasteiger charge is -2.29. The van der Waals surface area contributed by atoms with Gasteiger partial charge >= 0.3 is 7.12 Å². The number of nitrogens with two attached hydrogens (primary N) is 2. The first-order valence-corrected chi connectivity index (χ1v) is 9.90. The van der Waals surface area contributed by atoms with Crippen molar-refractivity contribution in [3.63, 3.8) is 0 Å². The number of hydrogen-bond acceptors (Lipinski definition) is 5. The van der Waals surface area contributed by atoms with E-state index in [2.05, 4.69) is 15.6 Å². The lowest BCUT2D eigenvalue weighted by atomic mass is 9.75. The molecule has 1 fully saturated rings. The summed E-state index contributed by atoms with van der Waals surface area (Å²) >= 11 is 0. The van der Waals surface area contributed by atoms with Gasteiger partial charge < -0.3 is 32.1 Å². The number of carbonyl (C=O) groups excluding carboxylic acids is 2. The van der Waals surface area contributed by atoms with Gasteiger partial charge in [-0.25, -0.2) is 0 Å². The summed E-state index contributed by atoms with van der Waals surface area (Å²) in [5, 5.41) is 24.8. The molecule has 0 radical (unpaired) electrons. The second-order valence-corrected chi connectivity index (χ2v) is 7.40. The van der Waals surface area contributed by atoms with Crippen molar-refractivity contribution in [3.8, 4) is 0 Å². The van der Waals surface area contributed by atoms with E-state index in [1.165, 1.54) is 0 Å².